The largest absolute Gasteiger partial charge is 0.479 e. The lowest BCUT2D eigenvalue weighted by molar-refractivity contribution is -0.145. The molecule has 0 aromatic carbocycles. The maximum absolute atomic E-state index is 11.5. The molecule has 0 saturated heterocycles. The third-order valence-corrected chi connectivity index (χ3v) is 3.95. The van der Waals surface area contributed by atoms with Crippen molar-refractivity contribution in [2.45, 2.75) is 90.1 Å². The Labute approximate surface area is 133 Å². The molecule has 0 spiro atoms. The topological polar surface area (TPSA) is 99.3 Å². The zero-order valence-corrected chi connectivity index (χ0v) is 14.3. The van der Waals surface area contributed by atoms with Crippen molar-refractivity contribution in [3.05, 3.63) is 0 Å². The van der Waals surface area contributed by atoms with Crippen molar-refractivity contribution >= 4 is 11.9 Å². The van der Waals surface area contributed by atoms with Crippen molar-refractivity contribution < 1.29 is 19.8 Å². The van der Waals surface area contributed by atoms with Crippen LogP contribution in [0.15, 0.2) is 10.2 Å². The highest BCUT2D eigenvalue weighted by molar-refractivity contribution is 5.79. The van der Waals surface area contributed by atoms with Gasteiger partial charge >= 0.3 is 11.9 Å². The molecule has 22 heavy (non-hydrogen) atoms. The first-order valence-corrected chi connectivity index (χ1v) is 8.12. The standard InChI is InChI=1S/C16H30N2O4/c1-5-7-9-11-15(3,13(19)20)17-18-16(4,14(21)22)12-10-8-6-2/h5-12H2,1-4H3,(H,19,20)(H,21,22). The SMILES string of the molecule is CCCCCC(C)(N=NC(C)(CCCCC)C(=O)O)C(=O)O. The molecule has 0 aliphatic rings. The number of nitrogens with zero attached hydrogens (tertiary/aromatic N) is 2. The number of aliphatic carboxylic acids is 2. The van der Waals surface area contributed by atoms with Crippen LogP contribution in [0, 0.1) is 0 Å². The molecule has 0 aromatic heterocycles. The maximum Gasteiger partial charge on any atom is 0.333 e. The molecule has 2 unspecified atom stereocenters. The van der Waals surface area contributed by atoms with E-state index >= 15 is 0 Å². The molecule has 2 atom stereocenters. The van der Waals surface area contributed by atoms with Crippen LogP contribution in [-0.2, 0) is 9.59 Å². The summed E-state index contributed by atoms with van der Waals surface area (Å²) in [6.45, 7) is 7.08. The van der Waals surface area contributed by atoms with E-state index in [-0.39, 0.29) is 0 Å². The Morgan fingerprint density at radius 2 is 1.09 bits per heavy atom. The minimum absolute atomic E-state index is 0.365. The van der Waals surface area contributed by atoms with Crippen LogP contribution in [0.25, 0.3) is 0 Å². The normalized spacial score (nSPS) is 17.1. The van der Waals surface area contributed by atoms with E-state index in [0.29, 0.717) is 12.8 Å². The number of carboxylic acids is 2. The quantitative estimate of drug-likeness (QED) is 0.414. The van der Waals surface area contributed by atoms with Gasteiger partial charge in [-0.3, -0.25) is 0 Å². The average Bonchev–Trinajstić information content (AvgIpc) is 2.45. The Bertz CT molecular complexity index is 362. The van der Waals surface area contributed by atoms with Crippen molar-refractivity contribution in [1.82, 2.24) is 0 Å². The van der Waals surface area contributed by atoms with Gasteiger partial charge in [-0.15, -0.1) is 0 Å². The molecule has 0 heterocycles. The Morgan fingerprint density at radius 1 is 0.773 bits per heavy atom. The molecule has 128 valence electrons. The number of carboxylic acid groups (broad SMARTS) is 2. The second-order valence-electron chi connectivity index (χ2n) is 6.27. The third-order valence-electron chi connectivity index (χ3n) is 3.95. The molecular weight excluding hydrogens is 284 g/mol. The van der Waals surface area contributed by atoms with E-state index < -0.39 is 23.0 Å². The Kier molecular flexibility index (Phi) is 8.90. The minimum atomic E-state index is -1.35. The van der Waals surface area contributed by atoms with Crippen molar-refractivity contribution in [2.75, 3.05) is 0 Å². The summed E-state index contributed by atoms with van der Waals surface area (Å²) < 4.78 is 0. The molecule has 6 nitrogen and oxygen atoms in total. The molecule has 6 heteroatoms. The first kappa shape index (κ1) is 20.5. The zero-order valence-electron chi connectivity index (χ0n) is 14.3. The van der Waals surface area contributed by atoms with Crippen LogP contribution >= 0.6 is 0 Å². The molecule has 0 bridgehead atoms. The van der Waals surface area contributed by atoms with Crippen LogP contribution in [0.1, 0.15) is 79.1 Å². The molecule has 0 fully saturated rings. The van der Waals surface area contributed by atoms with E-state index in [1.165, 1.54) is 13.8 Å². The number of carbonyl (C=O) groups is 2. The fraction of sp³-hybridized carbons (Fsp3) is 0.875. The molecule has 0 aliphatic carbocycles. The van der Waals surface area contributed by atoms with Crippen LogP contribution in [-0.4, -0.2) is 33.2 Å². The fourth-order valence-electron chi connectivity index (χ4n) is 2.06. The van der Waals surface area contributed by atoms with Crippen molar-refractivity contribution in [2.24, 2.45) is 10.2 Å². The van der Waals surface area contributed by atoms with E-state index in [1.807, 2.05) is 13.8 Å². The molecule has 0 aromatic rings. The van der Waals surface area contributed by atoms with Gasteiger partial charge in [0.25, 0.3) is 0 Å². The molecule has 0 saturated carbocycles. The van der Waals surface area contributed by atoms with Gasteiger partial charge in [-0.25, -0.2) is 9.59 Å². The summed E-state index contributed by atoms with van der Waals surface area (Å²) in [6.07, 6.45) is 6.01. The fourth-order valence-corrected chi connectivity index (χ4v) is 2.06. The highest BCUT2D eigenvalue weighted by Gasteiger charge is 2.37. The van der Waals surface area contributed by atoms with Gasteiger partial charge in [0, 0.05) is 0 Å². The second kappa shape index (κ2) is 9.54. The Morgan fingerprint density at radius 3 is 1.32 bits per heavy atom. The van der Waals surface area contributed by atoms with E-state index in [4.69, 9.17) is 0 Å². The van der Waals surface area contributed by atoms with Gasteiger partial charge < -0.3 is 10.2 Å². The van der Waals surface area contributed by atoms with Crippen molar-refractivity contribution in [3.8, 4) is 0 Å². The molecule has 2 N–H and O–H groups in total. The van der Waals surface area contributed by atoms with Gasteiger partial charge in [0.15, 0.2) is 11.1 Å². The number of unbranched alkanes of at least 4 members (excludes halogenated alkanes) is 4. The maximum atomic E-state index is 11.5. The van der Waals surface area contributed by atoms with Crippen LogP contribution in [0.2, 0.25) is 0 Å². The van der Waals surface area contributed by atoms with Crippen molar-refractivity contribution in [1.29, 1.82) is 0 Å². The lowest BCUT2D eigenvalue weighted by atomic mass is 9.94. The van der Waals surface area contributed by atoms with Crippen LogP contribution in [0.3, 0.4) is 0 Å². The molecular formula is C16H30N2O4. The van der Waals surface area contributed by atoms with E-state index in [1.54, 1.807) is 0 Å². The van der Waals surface area contributed by atoms with Crippen LogP contribution in [0.5, 0.6) is 0 Å². The van der Waals surface area contributed by atoms with Gasteiger partial charge in [0.1, 0.15) is 0 Å². The molecule has 0 aliphatic heterocycles. The number of hydrogen-bond donors (Lipinski definition) is 2. The van der Waals surface area contributed by atoms with Gasteiger partial charge in [-0.2, -0.15) is 10.2 Å². The van der Waals surface area contributed by atoms with Gasteiger partial charge in [-0.05, 0) is 26.7 Å². The monoisotopic (exact) mass is 314 g/mol. The lowest BCUT2D eigenvalue weighted by Gasteiger charge is -2.23. The van der Waals surface area contributed by atoms with Gasteiger partial charge in [0.05, 0.1) is 0 Å². The lowest BCUT2D eigenvalue weighted by Crippen LogP contribution is -2.37. The van der Waals surface area contributed by atoms with E-state index in [9.17, 15) is 19.8 Å². The highest BCUT2D eigenvalue weighted by Crippen LogP contribution is 2.26. The highest BCUT2D eigenvalue weighted by atomic mass is 16.4. The number of rotatable bonds is 12. The molecule has 0 amide bonds. The summed E-state index contributed by atoms with van der Waals surface area (Å²) in [5.74, 6) is -2.12. The van der Waals surface area contributed by atoms with Crippen LogP contribution in [0.4, 0.5) is 0 Å². The summed E-state index contributed by atoms with van der Waals surface area (Å²) in [5, 5.41) is 26.6. The summed E-state index contributed by atoms with van der Waals surface area (Å²) in [6, 6.07) is 0. The number of hydrogen-bond acceptors (Lipinski definition) is 4. The third kappa shape index (κ3) is 6.54. The summed E-state index contributed by atoms with van der Waals surface area (Å²) in [5.41, 5.74) is -2.70. The van der Waals surface area contributed by atoms with Gasteiger partial charge in [-0.1, -0.05) is 52.4 Å². The predicted molar refractivity (Wildman–Crippen MR) is 85.2 cm³/mol. The first-order chi connectivity index (χ1) is 10.2. The van der Waals surface area contributed by atoms with E-state index in [2.05, 4.69) is 10.2 Å². The van der Waals surface area contributed by atoms with E-state index in [0.717, 1.165) is 38.5 Å². The van der Waals surface area contributed by atoms with Gasteiger partial charge in [0.2, 0.25) is 0 Å². The molecule has 0 rings (SSSR count). The smallest absolute Gasteiger partial charge is 0.333 e. The zero-order chi connectivity index (χ0) is 17.2. The summed E-state index contributed by atoms with van der Waals surface area (Å²) in [4.78, 5) is 22.9. The van der Waals surface area contributed by atoms with Crippen molar-refractivity contribution in [3.63, 3.8) is 0 Å². The predicted octanol–water partition coefficient (Wildman–Crippen LogP) is 4.29. The first-order valence-electron chi connectivity index (χ1n) is 8.12. The Balaban J connectivity index is 5.06. The minimum Gasteiger partial charge on any atom is -0.479 e. The number of azo groups is 1. The average molecular weight is 314 g/mol. The van der Waals surface area contributed by atoms with Crippen LogP contribution < -0.4 is 0 Å². The summed E-state index contributed by atoms with van der Waals surface area (Å²) in [7, 11) is 0. The molecule has 0 radical (unpaired) electrons. The second-order valence-corrected chi connectivity index (χ2v) is 6.27. The summed E-state index contributed by atoms with van der Waals surface area (Å²) >= 11 is 0. The Hall–Kier alpha value is -1.46.